The fourth-order valence-corrected chi connectivity index (χ4v) is 3.33. The van der Waals surface area contributed by atoms with Crippen molar-refractivity contribution in [3.05, 3.63) is 54.6 Å². The Bertz CT molecular complexity index is 682. The van der Waals surface area contributed by atoms with Gasteiger partial charge in [0, 0.05) is 18.2 Å². The molecule has 0 aromatic heterocycles. The fourth-order valence-electron chi connectivity index (χ4n) is 2.06. The van der Waals surface area contributed by atoms with Gasteiger partial charge in [-0.05, 0) is 25.0 Å². The summed E-state index contributed by atoms with van der Waals surface area (Å²) in [4.78, 5) is 0.292. The van der Waals surface area contributed by atoms with Gasteiger partial charge in [-0.1, -0.05) is 48.5 Å². The summed E-state index contributed by atoms with van der Waals surface area (Å²) >= 11 is 0. The molecule has 1 atom stereocenters. The van der Waals surface area contributed by atoms with Crippen LogP contribution in [0.3, 0.4) is 0 Å². The molecule has 0 saturated carbocycles. The molecule has 3 N–H and O–H groups in total. The van der Waals surface area contributed by atoms with E-state index in [1.165, 1.54) is 0 Å². The van der Waals surface area contributed by atoms with Gasteiger partial charge in [0.25, 0.3) is 0 Å². The van der Waals surface area contributed by atoms with Crippen LogP contribution in [-0.4, -0.2) is 21.0 Å². The normalized spacial score (nSPS) is 13.0. The maximum Gasteiger partial charge on any atom is 0.241 e. The quantitative estimate of drug-likeness (QED) is 0.860. The first kappa shape index (κ1) is 15.7. The highest BCUT2D eigenvalue weighted by molar-refractivity contribution is 7.89. The van der Waals surface area contributed by atoms with Crippen LogP contribution in [0.4, 0.5) is 0 Å². The Hall–Kier alpha value is -1.69. The largest absolute Gasteiger partial charge is 0.328 e. The molecule has 0 aliphatic carbocycles. The number of rotatable bonds is 6. The van der Waals surface area contributed by atoms with Gasteiger partial charge < -0.3 is 5.73 Å². The maximum atomic E-state index is 12.5. The van der Waals surface area contributed by atoms with Crippen LogP contribution in [0.15, 0.2) is 59.5 Å². The molecule has 0 amide bonds. The smallest absolute Gasteiger partial charge is 0.241 e. The van der Waals surface area contributed by atoms with Crippen molar-refractivity contribution >= 4 is 10.0 Å². The Morgan fingerprint density at radius 1 is 1.05 bits per heavy atom. The van der Waals surface area contributed by atoms with Crippen LogP contribution in [-0.2, 0) is 10.0 Å². The molecule has 2 aromatic carbocycles. The first-order chi connectivity index (χ1) is 10.0. The van der Waals surface area contributed by atoms with Crippen LogP contribution in [0.5, 0.6) is 0 Å². The third-order valence-electron chi connectivity index (χ3n) is 3.15. The molecule has 21 heavy (non-hydrogen) atoms. The Kier molecular flexibility index (Phi) is 5.12. The van der Waals surface area contributed by atoms with E-state index in [4.69, 9.17) is 5.73 Å². The van der Waals surface area contributed by atoms with Crippen LogP contribution in [0.1, 0.15) is 13.3 Å². The maximum absolute atomic E-state index is 12.5. The van der Waals surface area contributed by atoms with Crippen molar-refractivity contribution in [2.75, 3.05) is 6.54 Å². The molecule has 4 nitrogen and oxygen atoms in total. The van der Waals surface area contributed by atoms with Gasteiger partial charge in [-0.25, -0.2) is 13.1 Å². The summed E-state index contributed by atoms with van der Waals surface area (Å²) in [6.45, 7) is 2.19. The number of hydrogen-bond acceptors (Lipinski definition) is 3. The molecule has 0 fully saturated rings. The fraction of sp³-hybridized carbons (Fsp3) is 0.250. The molecule has 0 bridgehead atoms. The van der Waals surface area contributed by atoms with Crippen LogP contribution in [0, 0.1) is 0 Å². The van der Waals surface area contributed by atoms with E-state index in [0.717, 1.165) is 5.56 Å². The molecular formula is C16H20N2O2S. The summed E-state index contributed by atoms with van der Waals surface area (Å²) in [5, 5.41) is 0. The molecule has 0 radical (unpaired) electrons. The number of hydrogen-bond donors (Lipinski definition) is 2. The van der Waals surface area contributed by atoms with Gasteiger partial charge in [0.1, 0.15) is 0 Å². The van der Waals surface area contributed by atoms with E-state index in [2.05, 4.69) is 4.72 Å². The number of sulfonamides is 1. The average molecular weight is 304 g/mol. The van der Waals surface area contributed by atoms with Gasteiger partial charge in [0.2, 0.25) is 10.0 Å². The molecule has 0 saturated heterocycles. The monoisotopic (exact) mass is 304 g/mol. The SMILES string of the molecule is CC(N)CCNS(=O)(=O)c1ccccc1-c1ccccc1. The predicted octanol–water partition coefficient (Wildman–Crippen LogP) is 2.37. The average Bonchev–Trinajstić information content (AvgIpc) is 2.47. The van der Waals surface area contributed by atoms with E-state index in [0.29, 0.717) is 23.4 Å². The van der Waals surface area contributed by atoms with E-state index in [-0.39, 0.29) is 6.04 Å². The molecule has 1 unspecified atom stereocenters. The molecule has 0 heterocycles. The third-order valence-corrected chi connectivity index (χ3v) is 4.67. The minimum atomic E-state index is -3.54. The highest BCUT2D eigenvalue weighted by atomic mass is 32.2. The van der Waals surface area contributed by atoms with E-state index in [9.17, 15) is 8.42 Å². The second-order valence-corrected chi connectivity index (χ2v) is 6.76. The Morgan fingerprint density at radius 3 is 2.33 bits per heavy atom. The Labute approximate surface area is 126 Å². The van der Waals surface area contributed by atoms with Crippen molar-refractivity contribution in [1.29, 1.82) is 0 Å². The third kappa shape index (κ3) is 4.14. The second-order valence-electron chi connectivity index (χ2n) is 5.03. The van der Waals surface area contributed by atoms with Crippen molar-refractivity contribution in [3.63, 3.8) is 0 Å². The zero-order valence-electron chi connectivity index (χ0n) is 12.0. The summed E-state index contributed by atoms with van der Waals surface area (Å²) in [5.74, 6) is 0. The lowest BCUT2D eigenvalue weighted by Gasteiger charge is -2.12. The van der Waals surface area contributed by atoms with Crippen LogP contribution in [0.25, 0.3) is 11.1 Å². The molecule has 2 aromatic rings. The summed E-state index contributed by atoms with van der Waals surface area (Å²) in [6, 6.07) is 16.5. The minimum Gasteiger partial charge on any atom is -0.328 e. The summed E-state index contributed by atoms with van der Waals surface area (Å²) in [6.07, 6.45) is 0.604. The molecular weight excluding hydrogens is 284 g/mol. The Morgan fingerprint density at radius 2 is 1.67 bits per heavy atom. The first-order valence-electron chi connectivity index (χ1n) is 6.90. The van der Waals surface area contributed by atoms with E-state index in [1.807, 2.05) is 49.4 Å². The van der Waals surface area contributed by atoms with Gasteiger partial charge in [0.05, 0.1) is 4.90 Å². The number of benzene rings is 2. The van der Waals surface area contributed by atoms with E-state index < -0.39 is 10.0 Å². The number of nitrogens with two attached hydrogens (primary N) is 1. The second kappa shape index (κ2) is 6.85. The van der Waals surface area contributed by atoms with Crippen molar-refractivity contribution in [2.24, 2.45) is 5.73 Å². The van der Waals surface area contributed by atoms with Crippen LogP contribution < -0.4 is 10.5 Å². The first-order valence-corrected chi connectivity index (χ1v) is 8.39. The lowest BCUT2D eigenvalue weighted by atomic mass is 10.1. The van der Waals surface area contributed by atoms with Gasteiger partial charge >= 0.3 is 0 Å². The summed E-state index contributed by atoms with van der Waals surface area (Å²) in [7, 11) is -3.54. The highest BCUT2D eigenvalue weighted by Gasteiger charge is 2.18. The lowest BCUT2D eigenvalue weighted by Crippen LogP contribution is -2.29. The zero-order chi connectivity index (χ0) is 15.3. The van der Waals surface area contributed by atoms with Gasteiger partial charge in [0.15, 0.2) is 0 Å². The van der Waals surface area contributed by atoms with Crippen LogP contribution in [0.2, 0.25) is 0 Å². The molecule has 0 aliphatic heterocycles. The molecule has 0 aliphatic rings. The molecule has 112 valence electrons. The minimum absolute atomic E-state index is 0.0305. The number of nitrogens with one attached hydrogen (secondary N) is 1. The molecule has 0 spiro atoms. The zero-order valence-corrected chi connectivity index (χ0v) is 12.8. The van der Waals surface area contributed by atoms with Crippen LogP contribution >= 0.6 is 0 Å². The van der Waals surface area contributed by atoms with Gasteiger partial charge in [-0.15, -0.1) is 0 Å². The van der Waals surface area contributed by atoms with Crippen molar-refractivity contribution in [3.8, 4) is 11.1 Å². The Balaban J connectivity index is 2.32. The topological polar surface area (TPSA) is 72.2 Å². The van der Waals surface area contributed by atoms with E-state index >= 15 is 0 Å². The van der Waals surface area contributed by atoms with Gasteiger partial charge in [-0.2, -0.15) is 0 Å². The molecule has 2 rings (SSSR count). The predicted molar refractivity (Wildman–Crippen MR) is 85.3 cm³/mol. The summed E-state index contributed by atoms with van der Waals surface area (Å²) < 4.78 is 27.5. The van der Waals surface area contributed by atoms with Crippen molar-refractivity contribution in [2.45, 2.75) is 24.3 Å². The van der Waals surface area contributed by atoms with Crippen molar-refractivity contribution < 1.29 is 8.42 Å². The van der Waals surface area contributed by atoms with Gasteiger partial charge in [-0.3, -0.25) is 0 Å². The highest BCUT2D eigenvalue weighted by Crippen LogP contribution is 2.26. The van der Waals surface area contributed by atoms with E-state index in [1.54, 1.807) is 12.1 Å². The standard InChI is InChI=1S/C16H20N2O2S/c1-13(17)11-12-18-21(19,20)16-10-6-5-9-15(16)14-7-3-2-4-8-14/h2-10,13,18H,11-12,17H2,1H3. The van der Waals surface area contributed by atoms with Crippen molar-refractivity contribution in [1.82, 2.24) is 4.72 Å². The summed E-state index contributed by atoms with van der Waals surface area (Å²) in [5.41, 5.74) is 7.23. The molecule has 5 heteroatoms. The lowest BCUT2D eigenvalue weighted by molar-refractivity contribution is 0.572.